The molecule has 1 amide bonds. The quantitative estimate of drug-likeness (QED) is 0.875. The lowest BCUT2D eigenvalue weighted by molar-refractivity contribution is -0.122. The summed E-state index contributed by atoms with van der Waals surface area (Å²) < 4.78 is 10.7. The number of hydrogen-bond acceptors (Lipinski definition) is 4. The van der Waals surface area contributed by atoms with Crippen LogP contribution in [-0.2, 0) is 11.3 Å². The van der Waals surface area contributed by atoms with E-state index in [-0.39, 0.29) is 11.8 Å². The molecule has 1 aromatic carbocycles. The molecule has 0 aromatic heterocycles. The fourth-order valence-electron chi connectivity index (χ4n) is 2.90. The van der Waals surface area contributed by atoms with E-state index in [0.717, 1.165) is 43.7 Å². The highest BCUT2D eigenvalue weighted by Gasteiger charge is 2.24. The highest BCUT2D eigenvalue weighted by molar-refractivity contribution is 5.76. The topological polar surface area (TPSA) is 73.6 Å². The number of nitrogens with two attached hydrogens (primary N) is 1. The van der Waals surface area contributed by atoms with Crippen LogP contribution in [0, 0.1) is 5.92 Å². The summed E-state index contributed by atoms with van der Waals surface area (Å²) >= 11 is 0. The van der Waals surface area contributed by atoms with Crippen molar-refractivity contribution in [3.8, 4) is 11.5 Å². The molecular formula is C15H20N2O3. The standard InChI is InChI=1S/C15H20N2O3/c16-15(18)11-2-4-12(5-3-11)17-8-10-1-6-13-14(7-10)20-9-19-13/h1,6-7,11-12,17H,2-5,8-9H2,(H2,16,18). The van der Waals surface area contributed by atoms with Crippen molar-refractivity contribution in [1.82, 2.24) is 5.32 Å². The van der Waals surface area contributed by atoms with E-state index < -0.39 is 0 Å². The molecule has 3 N–H and O–H groups in total. The van der Waals surface area contributed by atoms with Crippen LogP contribution < -0.4 is 20.5 Å². The predicted molar refractivity (Wildman–Crippen MR) is 74.3 cm³/mol. The van der Waals surface area contributed by atoms with Gasteiger partial charge in [0.25, 0.3) is 0 Å². The number of ether oxygens (including phenoxy) is 2. The number of primary amides is 1. The molecule has 108 valence electrons. The molecule has 1 fully saturated rings. The van der Waals surface area contributed by atoms with Gasteiger partial charge in [0.05, 0.1) is 0 Å². The second kappa shape index (κ2) is 5.71. The zero-order valence-electron chi connectivity index (χ0n) is 11.4. The molecule has 2 aliphatic rings. The van der Waals surface area contributed by atoms with Gasteiger partial charge in [-0.3, -0.25) is 4.79 Å². The van der Waals surface area contributed by atoms with E-state index in [9.17, 15) is 4.79 Å². The van der Waals surface area contributed by atoms with E-state index in [1.54, 1.807) is 0 Å². The number of rotatable bonds is 4. The van der Waals surface area contributed by atoms with Gasteiger partial charge < -0.3 is 20.5 Å². The smallest absolute Gasteiger partial charge is 0.231 e. The van der Waals surface area contributed by atoms with Gasteiger partial charge in [0.2, 0.25) is 12.7 Å². The summed E-state index contributed by atoms with van der Waals surface area (Å²) in [5.41, 5.74) is 6.53. The van der Waals surface area contributed by atoms with Crippen molar-refractivity contribution in [2.24, 2.45) is 11.7 Å². The van der Waals surface area contributed by atoms with Crippen molar-refractivity contribution in [2.75, 3.05) is 6.79 Å². The van der Waals surface area contributed by atoms with E-state index in [1.165, 1.54) is 5.56 Å². The van der Waals surface area contributed by atoms with Gasteiger partial charge in [0.1, 0.15) is 0 Å². The van der Waals surface area contributed by atoms with E-state index in [2.05, 4.69) is 11.4 Å². The van der Waals surface area contributed by atoms with Gasteiger partial charge in [-0.15, -0.1) is 0 Å². The Morgan fingerprint density at radius 2 is 1.95 bits per heavy atom. The van der Waals surface area contributed by atoms with Crippen molar-refractivity contribution in [2.45, 2.75) is 38.3 Å². The van der Waals surface area contributed by atoms with E-state index in [1.807, 2.05) is 12.1 Å². The van der Waals surface area contributed by atoms with Crippen LogP contribution in [0.15, 0.2) is 18.2 Å². The number of fused-ring (bicyclic) bond motifs is 1. The van der Waals surface area contributed by atoms with Crippen LogP contribution in [0.5, 0.6) is 11.5 Å². The summed E-state index contributed by atoms with van der Waals surface area (Å²) in [7, 11) is 0. The molecule has 0 radical (unpaired) electrons. The fraction of sp³-hybridized carbons (Fsp3) is 0.533. The minimum atomic E-state index is -0.153. The maximum atomic E-state index is 11.1. The van der Waals surface area contributed by atoms with Gasteiger partial charge in [-0.05, 0) is 43.4 Å². The van der Waals surface area contributed by atoms with Crippen molar-refractivity contribution < 1.29 is 14.3 Å². The second-order valence-corrected chi connectivity index (χ2v) is 5.52. The summed E-state index contributed by atoms with van der Waals surface area (Å²) in [6.07, 6.45) is 3.82. The number of benzene rings is 1. The first-order valence-electron chi connectivity index (χ1n) is 7.13. The Hall–Kier alpha value is -1.75. The van der Waals surface area contributed by atoms with Crippen LogP contribution in [0.3, 0.4) is 0 Å². The number of amides is 1. The molecule has 20 heavy (non-hydrogen) atoms. The Bertz CT molecular complexity index is 496. The van der Waals surface area contributed by atoms with Crippen molar-refractivity contribution in [1.29, 1.82) is 0 Å². The summed E-state index contributed by atoms with van der Waals surface area (Å²) in [6.45, 7) is 1.12. The normalized spacial score (nSPS) is 24.6. The van der Waals surface area contributed by atoms with Crippen LogP contribution in [0.4, 0.5) is 0 Å². The van der Waals surface area contributed by atoms with Gasteiger partial charge in [0.15, 0.2) is 11.5 Å². The first-order chi connectivity index (χ1) is 9.72. The van der Waals surface area contributed by atoms with Gasteiger partial charge in [-0.1, -0.05) is 6.07 Å². The molecule has 0 spiro atoms. The molecule has 0 unspecified atom stereocenters. The van der Waals surface area contributed by atoms with Crippen molar-refractivity contribution >= 4 is 5.91 Å². The predicted octanol–water partition coefficient (Wildman–Crippen LogP) is 1.55. The van der Waals surface area contributed by atoms with Gasteiger partial charge >= 0.3 is 0 Å². The SMILES string of the molecule is NC(=O)C1CCC(NCc2ccc3c(c2)OCO3)CC1. The molecule has 5 heteroatoms. The second-order valence-electron chi connectivity index (χ2n) is 5.52. The maximum Gasteiger partial charge on any atom is 0.231 e. The Kier molecular flexibility index (Phi) is 3.78. The highest BCUT2D eigenvalue weighted by Crippen LogP contribution is 2.32. The molecule has 1 heterocycles. The van der Waals surface area contributed by atoms with E-state index in [0.29, 0.717) is 12.8 Å². The number of hydrogen-bond donors (Lipinski definition) is 2. The highest BCUT2D eigenvalue weighted by atomic mass is 16.7. The van der Waals surface area contributed by atoms with Gasteiger partial charge in [-0.2, -0.15) is 0 Å². The third kappa shape index (κ3) is 2.88. The molecule has 0 atom stereocenters. The molecule has 3 rings (SSSR count). The molecular weight excluding hydrogens is 256 g/mol. The lowest BCUT2D eigenvalue weighted by Crippen LogP contribution is -2.36. The van der Waals surface area contributed by atoms with Crippen molar-refractivity contribution in [3.63, 3.8) is 0 Å². The Morgan fingerprint density at radius 3 is 2.70 bits per heavy atom. The number of nitrogens with one attached hydrogen (secondary N) is 1. The van der Waals surface area contributed by atoms with Crippen LogP contribution in [0.25, 0.3) is 0 Å². The number of carbonyl (C=O) groups excluding carboxylic acids is 1. The average molecular weight is 276 g/mol. The zero-order chi connectivity index (χ0) is 13.9. The Balaban J connectivity index is 1.49. The van der Waals surface area contributed by atoms with Crippen LogP contribution in [0.1, 0.15) is 31.2 Å². The largest absolute Gasteiger partial charge is 0.454 e. The van der Waals surface area contributed by atoms with Crippen molar-refractivity contribution in [3.05, 3.63) is 23.8 Å². The first-order valence-corrected chi connectivity index (χ1v) is 7.13. The zero-order valence-corrected chi connectivity index (χ0v) is 11.4. The lowest BCUT2D eigenvalue weighted by Gasteiger charge is -2.27. The number of carbonyl (C=O) groups is 1. The van der Waals surface area contributed by atoms with Crippen LogP contribution in [0.2, 0.25) is 0 Å². The molecule has 1 aliphatic heterocycles. The van der Waals surface area contributed by atoms with Crippen LogP contribution >= 0.6 is 0 Å². The molecule has 0 saturated heterocycles. The molecule has 0 bridgehead atoms. The lowest BCUT2D eigenvalue weighted by atomic mass is 9.85. The third-order valence-electron chi connectivity index (χ3n) is 4.16. The Labute approximate surface area is 118 Å². The molecule has 1 aromatic rings. The molecule has 1 saturated carbocycles. The Morgan fingerprint density at radius 1 is 1.20 bits per heavy atom. The van der Waals surface area contributed by atoms with Crippen LogP contribution in [-0.4, -0.2) is 18.7 Å². The minimum Gasteiger partial charge on any atom is -0.454 e. The van der Waals surface area contributed by atoms with Gasteiger partial charge in [0, 0.05) is 18.5 Å². The third-order valence-corrected chi connectivity index (χ3v) is 4.16. The first kappa shape index (κ1) is 13.2. The summed E-state index contributed by atoms with van der Waals surface area (Å²) in [5.74, 6) is 1.55. The maximum absolute atomic E-state index is 11.1. The summed E-state index contributed by atoms with van der Waals surface area (Å²) in [4.78, 5) is 11.1. The monoisotopic (exact) mass is 276 g/mol. The molecule has 1 aliphatic carbocycles. The average Bonchev–Trinajstić information content (AvgIpc) is 2.93. The van der Waals surface area contributed by atoms with Gasteiger partial charge in [-0.25, -0.2) is 0 Å². The fourth-order valence-corrected chi connectivity index (χ4v) is 2.90. The summed E-state index contributed by atoms with van der Waals surface area (Å²) in [6, 6.07) is 6.49. The minimum absolute atomic E-state index is 0.0681. The van der Waals surface area contributed by atoms with E-state index in [4.69, 9.17) is 15.2 Å². The van der Waals surface area contributed by atoms with E-state index >= 15 is 0 Å². The summed E-state index contributed by atoms with van der Waals surface area (Å²) in [5, 5.41) is 3.54. The molecule has 5 nitrogen and oxygen atoms in total.